The van der Waals surface area contributed by atoms with Gasteiger partial charge in [-0.2, -0.15) is 15.2 Å². The van der Waals surface area contributed by atoms with Gasteiger partial charge in [-0.05, 0) is 18.9 Å². The number of carbonyl (C=O) groups excluding carboxylic acids is 1. The minimum Gasteiger partial charge on any atom is -0.368 e. The summed E-state index contributed by atoms with van der Waals surface area (Å²) in [5.74, 6) is 0.883. The van der Waals surface area contributed by atoms with Crippen LogP contribution in [0, 0.1) is 0 Å². The molecule has 1 N–H and O–H groups in total. The largest absolute Gasteiger partial charge is 0.368 e. The average molecular weight is 289 g/mol. The maximum Gasteiger partial charge on any atom is 0.255 e. The van der Waals surface area contributed by atoms with Crippen molar-refractivity contribution in [1.29, 1.82) is 0 Å². The molecule has 0 bridgehead atoms. The van der Waals surface area contributed by atoms with Gasteiger partial charge >= 0.3 is 0 Å². The standard InChI is InChI=1S/C13H15N5O3/c19-12(9-3-6-15-16-8-9)14-5-4-11-17-13(21-18-11)10-2-1-7-20-10/h3,6,8,10H,1-2,4-5,7H2,(H,14,19)/t10-/m0/s1. The molecule has 1 saturated heterocycles. The highest BCUT2D eigenvalue weighted by atomic mass is 16.5. The predicted molar refractivity (Wildman–Crippen MR) is 70.3 cm³/mol. The van der Waals surface area contributed by atoms with E-state index in [1.54, 1.807) is 6.07 Å². The van der Waals surface area contributed by atoms with Crippen LogP contribution in [0.2, 0.25) is 0 Å². The summed E-state index contributed by atoms with van der Waals surface area (Å²) in [6.07, 6.45) is 5.23. The molecule has 1 amide bonds. The third-order valence-corrected chi connectivity index (χ3v) is 3.17. The number of rotatable bonds is 5. The second kappa shape index (κ2) is 6.40. The van der Waals surface area contributed by atoms with Gasteiger partial charge in [-0.3, -0.25) is 4.79 Å². The lowest BCUT2D eigenvalue weighted by Gasteiger charge is -2.02. The van der Waals surface area contributed by atoms with Crippen molar-refractivity contribution >= 4 is 5.91 Å². The zero-order chi connectivity index (χ0) is 14.5. The number of aromatic nitrogens is 4. The molecule has 2 aromatic heterocycles. The van der Waals surface area contributed by atoms with E-state index >= 15 is 0 Å². The number of carbonyl (C=O) groups is 1. The Bertz CT molecular complexity index is 595. The molecule has 0 aliphatic carbocycles. The Morgan fingerprint density at radius 3 is 3.14 bits per heavy atom. The summed E-state index contributed by atoms with van der Waals surface area (Å²) in [6.45, 7) is 1.16. The van der Waals surface area contributed by atoms with Gasteiger partial charge in [-0.25, -0.2) is 0 Å². The maximum absolute atomic E-state index is 11.8. The van der Waals surface area contributed by atoms with Crippen LogP contribution in [-0.2, 0) is 11.2 Å². The van der Waals surface area contributed by atoms with Crippen LogP contribution in [0.3, 0.4) is 0 Å². The van der Waals surface area contributed by atoms with E-state index in [9.17, 15) is 4.79 Å². The second-order valence-corrected chi connectivity index (χ2v) is 4.69. The molecule has 2 aromatic rings. The molecular formula is C13H15N5O3. The van der Waals surface area contributed by atoms with Gasteiger partial charge in [0.15, 0.2) is 5.82 Å². The van der Waals surface area contributed by atoms with E-state index in [-0.39, 0.29) is 12.0 Å². The van der Waals surface area contributed by atoms with Crippen LogP contribution in [0.1, 0.15) is 41.0 Å². The van der Waals surface area contributed by atoms with Crippen molar-refractivity contribution in [3.05, 3.63) is 35.7 Å². The summed E-state index contributed by atoms with van der Waals surface area (Å²) in [5, 5.41) is 13.9. The maximum atomic E-state index is 11.8. The molecule has 8 nitrogen and oxygen atoms in total. The van der Waals surface area contributed by atoms with Gasteiger partial charge in [0.25, 0.3) is 11.8 Å². The van der Waals surface area contributed by atoms with Gasteiger partial charge < -0.3 is 14.6 Å². The first kappa shape index (κ1) is 13.6. The van der Waals surface area contributed by atoms with Crippen molar-refractivity contribution in [2.75, 3.05) is 13.2 Å². The van der Waals surface area contributed by atoms with Crippen molar-refractivity contribution in [2.45, 2.75) is 25.4 Å². The van der Waals surface area contributed by atoms with Crippen LogP contribution in [0.4, 0.5) is 0 Å². The summed E-state index contributed by atoms with van der Waals surface area (Å²) in [5.41, 5.74) is 0.471. The smallest absolute Gasteiger partial charge is 0.255 e. The van der Waals surface area contributed by atoms with E-state index in [1.165, 1.54) is 12.4 Å². The number of nitrogens with zero attached hydrogens (tertiary/aromatic N) is 4. The minimum absolute atomic E-state index is 0.0799. The summed E-state index contributed by atoms with van der Waals surface area (Å²) in [7, 11) is 0. The number of hydrogen-bond donors (Lipinski definition) is 1. The molecule has 1 atom stereocenters. The molecule has 1 aliphatic rings. The first-order valence-corrected chi connectivity index (χ1v) is 6.82. The van der Waals surface area contributed by atoms with E-state index in [0.717, 1.165) is 19.4 Å². The molecule has 0 saturated carbocycles. The number of ether oxygens (including phenoxy) is 1. The number of hydrogen-bond acceptors (Lipinski definition) is 7. The van der Waals surface area contributed by atoms with Gasteiger partial charge in [0.2, 0.25) is 0 Å². The van der Waals surface area contributed by atoms with Gasteiger partial charge in [-0.15, -0.1) is 0 Å². The topological polar surface area (TPSA) is 103 Å². The van der Waals surface area contributed by atoms with Crippen LogP contribution in [0.25, 0.3) is 0 Å². The Morgan fingerprint density at radius 1 is 1.43 bits per heavy atom. The highest BCUT2D eigenvalue weighted by Gasteiger charge is 2.23. The lowest BCUT2D eigenvalue weighted by atomic mass is 10.2. The minimum atomic E-state index is -0.201. The molecular weight excluding hydrogens is 274 g/mol. The zero-order valence-electron chi connectivity index (χ0n) is 11.4. The van der Waals surface area contributed by atoms with Crippen molar-refractivity contribution in [3.63, 3.8) is 0 Å². The molecule has 3 rings (SSSR count). The third-order valence-electron chi connectivity index (χ3n) is 3.17. The van der Waals surface area contributed by atoms with Gasteiger partial charge in [0.05, 0.1) is 18.0 Å². The normalized spacial score (nSPS) is 17.8. The highest BCUT2D eigenvalue weighted by molar-refractivity contribution is 5.93. The van der Waals surface area contributed by atoms with Crippen LogP contribution < -0.4 is 5.32 Å². The fourth-order valence-corrected chi connectivity index (χ4v) is 2.09. The Kier molecular flexibility index (Phi) is 4.15. The Balaban J connectivity index is 1.48. The fraction of sp³-hybridized carbons (Fsp3) is 0.462. The highest BCUT2D eigenvalue weighted by Crippen LogP contribution is 2.26. The molecule has 21 heavy (non-hydrogen) atoms. The Hall–Kier alpha value is -2.35. The van der Waals surface area contributed by atoms with Crippen molar-refractivity contribution < 1.29 is 14.1 Å². The monoisotopic (exact) mass is 289 g/mol. The Labute approximate surface area is 120 Å². The average Bonchev–Trinajstić information content (AvgIpc) is 3.19. The van der Waals surface area contributed by atoms with E-state index in [4.69, 9.17) is 9.26 Å². The fourth-order valence-electron chi connectivity index (χ4n) is 2.09. The van der Waals surface area contributed by atoms with Gasteiger partial charge in [-0.1, -0.05) is 5.16 Å². The Morgan fingerprint density at radius 2 is 2.38 bits per heavy atom. The van der Waals surface area contributed by atoms with E-state index in [1.807, 2.05) is 0 Å². The van der Waals surface area contributed by atoms with Crippen LogP contribution in [0.5, 0.6) is 0 Å². The molecule has 0 radical (unpaired) electrons. The molecule has 0 unspecified atom stereocenters. The summed E-state index contributed by atoms with van der Waals surface area (Å²) in [4.78, 5) is 16.1. The molecule has 3 heterocycles. The molecule has 0 aromatic carbocycles. The molecule has 110 valence electrons. The zero-order valence-corrected chi connectivity index (χ0v) is 11.4. The van der Waals surface area contributed by atoms with Crippen molar-refractivity contribution in [2.24, 2.45) is 0 Å². The predicted octanol–water partition coefficient (Wildman–Crippen LogP) is 0.684. The second-order valence-electron chi connectivity index (χ2n) is 4.69. The summed E-state index contributed by atoms with van der Waals surface area (Å²) < 4.78 is 10.6. The number of amides is 1. The van der Waals surface area contributed by atoms with Crippen molar-refractivity contribution in [1.82, 2.24) is 25.7 Å². The first-order chi connectivity index (χ1) is 10.3. The van der Waals surface area contributed by atoms with E-state index in [2.05, 4.69) is 25.7 Å². The lowest BCUT2D eigenvalue weighted by Crippen LogP contribution is -2.26. The molecule has 1 aliphatic heterocycles. The van der Waals surface area contributed by atoms with Crippen LogP contribution in [0.15, 0.2) is 23.0 Å². The van der Waals surface area contributed by atoms with Crippen LogP contribution in [-0.4, -0.2) is 39.4 Å². The van der Waals surface area contributed by atoms with Gasteiger partial charge in [0, 0.05) is 19.6 Å². The van der Waals surface area contributed by atoms with E-state index < -0.39 is 0 Å². The quantitative estimate of drug-likeness (QED) is 0.863. The SMILES string of the molecule is O=C(NCCc1noc([C@@H]2CCCO2)n1)c1ccnnc1. The third kappa shape index (κ3) is 3.40. The summed E-state index contributed by atoms with van der Waals surface area (Å²) in [6, 6.07) is 1.60. The van der Waals surface area contributed by atoms with Gasteiger partial charge in [0.1, 0.15) is 6.10 Å². The first-order valence-electron chi connectivity index (χ1n) is 6.82. The molecule has 1 fully saturated rings. The molecule has 8 heteroatoms. The van der Waals surface area contributed by atoms with Crippen LogP contribution >= 0.6 is 0 Å². The van der Waals surface area contributed by atoms with Crippen molar-refractivity contribution in [3.8, 4) is 0 Å². The summed E-state index contributed by atoms with van der Waals surface area (Å²) >= 11 is 0. The number of nitrogens with one attached hydrogen (secondary N) is 1. The molecule has 0 spiro atoms. The van der Waals surface area contributed by atoms with E-state index in [0.29, 0.717) is 30.2 Å². The lowest BCUT2D eigenvalue weighted by molar-refractivity contribution is 0.0835.